The first kappa shape index (κ1) is 61.1. The van der Waals surface area contributed by atoms with Gasteiger partial charge in [0, 0.05) is 31.1 Å². The third-order valence-corrected chi connectivity index (χ3v) is 11.7. The standard InChI is InChI=1S/C53H84N3O14P/c1-48(2,3)65-43(57)33-54(30-31-55(34-44(58)66-49(4,5)6)35-45(59)67-50(7,8)9)32-41(56(36-46(60)68-51(10,11)12)37-47(61)69-52(13,14)15)38-64-71(62,63)70-42-26-28-53(29-27-42,39-22-18-16-19-23-39)40-24-20-17-21-25-40/h16-25,41-42H,26-38H2,1-15H3,(H,62,63)/t41-/m1/s1. The second-order valence-electron chi connectivity index (χ2n) is 23.3. The zero-order valence-electron chi connectivity index (χ0n) is 45.2. The van der Waals surface area contributed by atoms with E-state index in [2.05, 4.69) is 24.3 Å². The van der Waals surface area contributed by atoms with E-state index in [1.807, 2.05) is 36.4 Å². The Kier molecular flexibility index (Phi) is 22.0. The van der Waals surface area contributed by atoms with Gasteiger partial charge in [0.25, 0.3) is 0 Å². The highest BCUT2D eigenvalue weighted by Gasteiger charge is 2.41. The van der Waals surface area contributed by atoms with Crippen LogP contribution in [0.1, 0.15) is 141 Å². The molecule has 1 unspecified atom stereocenters. The first-order valence-corrected chi connectivity index (χ1v) is 26.0. The number of ether oxygens (including phenoxy) is 5. The van der Waals surface area contributed by atoms with Crippen molar-refractivity contribution in [1.29, 1.82) is 0 Å². The van der Waals surface area contributed by atoms with E-state index in [0.29, 0.717) is 25.7 Å². The van der Waals surface area contributed by atoms with Crippen LogP contribution in [0.4, 0.5) is 0 Å². The lowest BCUT2D eigenvalue weighted by atomic mass is 9.65. The van der Waals surface area contributed by atoms with Gasteiger partial charge in [0.05, 0.1) is 45.4 Å². The van der Waals surface area contributed by atoms with Crippen LogP contribution in [0.5, 0.6) is 0 Å². The summed E-state index contributed by atoms with van der Waals surface area (Å²) in [6.45, 7) is 22.9. The van der Waals surface area contributed by atoms with Crippen molar-refractivity contribution < 1.29 is 66.2 Å². The molecule has 0 amide bonds. The van der Waals surface area contributed by atoms with Crippen molar-refractivity contribution in [3.63, 3.8) is 0 Å². The van der Waals surface area contributed by atoms with Crippen molar-refractivity contribution in [1.82, 2.24) is 14.7 Å². The van der Waals surface area contributed by atoms with Crippen LogP contribution < -0.4 is 0 Å². The highest BCUT2D eigenvalue weighted by Crippen LogP contribution is 2.51. The number of phosphoric ester groups is 1. The van der Waals surface area contributed by atoms with Crippen LogP contribution in [-0.4, -0.2) is 149 Å². The van der Waals surface area contributed by atoms with Gasteiger partial charge in [0.2, 0.25) is 0 Å². The van der Waals surface area contributed by atoms with Gasteiger partial charge in [-0.25, -0.2) is 4.57 Å². The molecule has 0 bridgehead atoms. The molecule has 2 atom stereocenters. The van der Waals surface area contributed by atoms with E-state index in [9.17, 15) is 33.4 Å². The van der Waals surface area contributed by atoms with Crippen LogP contribution in [0.15, 0.2) is 60.7 Å². The summed E-state index contributed by atoms with van der Waals surface area (Å²) in [6.07, 6.45) is 1.50. The van der Waals surface area contributed by atoms with Crippen molar-refractivity contribution in [2.45, 2.75) is 175 Å². The fraction of sp³-hybridized carbons (Fsp3) is 0.679. The van der Waals surface area contributed by atoms with Gasteiger partial charge in [-0.1, -0.05) is 60.7 Å². The fourth-order valence-electron chi connectivity index (χ4n) is 8.21. The lowest BCUT2D eigenvalue weighted by Crippen LogP contribution is -2.53. The van der Waals surface area contributed by atoms with E-state index < -0.39 is 97.5 Å². The number of carbonyl (C=O) groups is 5. The molecule has 1 N–H and O–H groups in total. The lowest BCUT2D eigenvalue weighted by Gasteiger charge is -2.41. The average molecular weight is 1020 g/mol. The maximum Gasteiger partial charge on any atom is 0.472 e. The highest BCUT2D eigenvalue weighted by molar-refractivity contribution is 7.47. The van der Waals surface area contributed by atoms with Gasteiger partial charge >= 0.3 is 37.7 Å². The summed E-state index contributed by atoms with van der Waals surface area (Å²) in [5, 5.41) is 0. The molecule has 17 nitrogen and oxygen atoms in total. The van der Waals surface area contributed by atoms with E-state index in [1.165, 1.54) is 9.80 Å². The highest BCUT2D eigenvalue weighted by atomic mass is 31.2. The number of nitrogens with zero attached hydrogens (tertiary/aromatic N) is 3. The molecule has 0 aromatic heterocycles. The summed E-state index contributed by atoms with van der Waals surface area (Å²) in [5.41, 5.74) is -2.42. The summed E-state index contributed by atoms with van der Waals surface area (Å²) < 4.78 is 54.1. The minimum Gasteiger partial charge on any atom is -0.459 e. The molecule has 400 valence electrons. The number of carbonyl (C=O) groups excluding carboxylic acids is 5. The molecule has 3 rings (SSSR count). The molecule has 2 aromatic carbocycles. The minimum absolute atomic E-state index is 0.00370. The predicted octanol–water partition coefficient (Wildman–Crippen LogP) is 8.03. The van der Waals surface area contributed by atoms with Crippen LogP contribution >= 0.6 is 7.82 Å². The summed E-state index contributed by atoms with van der Waals surface area (Å²) in [6, 6.07) is 19.2. The second kappa shape index (κ2) is 25.6. The van der Waals surface area contributed by atoms with Crippen molar-refractivity contribution in [3.05, 3.63) is 71.8 Å². The largest absolute Gasteiger partial charge is 0.472 e. The van der Waals surface area contributed by atoms with Gasteiger partial charge < -0.3 is 28.6 Å². The Labute approximate surface area is 423 Å². The Morgan fingerprint density at radius 1 is 0.549 bits per heavy atom. The van der Waals surface area contributed by atoms with Crippen LogP contribution in [0, 0.1) is 0 Å². The summed E-state index contributed by atoms with van der Waals surface area (Å²) in [4.78, 5) is 83.3. The summed E-state index contributed by atoms with van der Waals surface area (Å²) >= 11 is 0. The summed E-state index contributed by atoms with van der Waals surface area (Å²) in [7, 11) is -4.85. The van der Waals surface area contributed by atoms with Gasteiger partial charge in [-0.15, -0.1) is 0 Å². The van der Waals surface area contributed by atoms with Gasteiger partial charge in [-0.05, 0) is 141 Å². The average Bonchev–Trinajstić information content (AvgIpc) is 3.18. The zero-order chi connectivity index (χ0) is 53.6. The van der Waals surface area contributed by atoms with E-state index in [0.717, 1.165) is 11.1 Å². The number of esters is 5. The summed E-state index contributed by atoms with van der Waals surface area (Å²) in [5.74, 6) is -3.26. The maximum atomic E-state index is 14.1. The fourth-order valence-corrected chi connectivity index (χ4v) is 9.22. The Bertz CT molecular complexity index is 1980. The SMILES string of the molecule is CC(C)(C)OC(=O)CN(CCN(CC(=O)OC(C)(C)C)C[C@H](COP(=O)(O)OC1CCC(c2ccccc2)(c2ccccc2)CC1)N(CC(=O)OC(C)(C)C)CC(=O)OC(C)(C)C)CC(=O)OC(C)(C)C. The van der Waals surface area contributed by atoms with Crippen LogP contribution in [0.3, 0.4) is 0 Å². The molecule has 0 aliphatic heterocycles. The van der Waals surface area contributed by atoms with Crippen LogP contribution in [-0.2, 0) is 66.7 Å². The van der Waals surface area contributed by atoms with Gasteiger partial charge in [0.15, 0.2) is 0 Å². The van der Waals surface area contributed by atoms with Gasteiger partial charge in [0.1, 0.15) is 28.0 Å². The second-order valence-corrected chi connectivity index (χ2v) is 24.7. The van der Waals surface area contributed by atoms with Crippen molar-refractivity contribution >= 4 is 37.7 Å². The zero-order valence-corrected chi connectivity index (χ0v) is 46.1. The number of rotatable bonds is 23. The Morgan fingerprint density at radius 2 is 0.873 bits per heavy atom. The third-order valence-electron chi connectivity index (χ3n) is 10.7. The molecule has 1 saturated carbocycles. The number of benzene rings is 2. The molecule has 2 aromatic rings. The molecule has 0 heterocycles. The van der Waals surface area contributed by atoms with Crippen LogP contribution in [0.25, 0.3) is 0 Å². The first-order valence-electron chi connectivity index (χ1n) is 24.6. The lowest BCUT2D eigenvalue weighted by molar-refractivity contribution is -0.163. The smallest absolute Gasteiger partial charge is 0.459 e. The van der Waals surface area contributed by atoms with Crippen molar-refractivity contribution in [2.75, 3.05) is 59.0 Å². The molecule has 0 spiro atoms. The molecular formula is C53H84N3O14P. The monoisotopic (exact) mass is 1020 g/mol. The maximum absolute atomic E-state index is 14.1. The first-order chi connectivity index (χ1) is 32.5. The Balaban J connectivity index is 2.04. The molecule has 0 radical (unpaired) electrons. The van der Waals surface area contributed by atoms with E-state index >= 15 is 0 Å². The third kappa shape index (κ3) is 24.4. The van der Waals surface area contributed by atoms with Crippen LogP contribution in [0.2, 0.25) is 0 Å². The van der Waals surface area contributed by atoms with Crippen molar-refractivity contribution in [2.24, 2.45) is 0 Å². The van der Waals surface area contributed by atoms with E-state index in [-0.39, 0.29) is 44.7 Å². The number of hydrogen-bond acceptors (Lipinski definition) is 16. The number of hydrogen-bond donors (Lipinski definition) is 1. The Hall–Kier alpha value is -4.22. The molecule has 18 heteroatoms. The molecule has 1 aliphatic rings. The minimum atomic E-state index is -4.85. The normalized spacial score (nSPS) is 16.3. The van der Waals surface area contributed by atoms with Gasteiger partial charge in [-0.3, -0.25) is 47.7 Å². The predicted molar refractivity (Wildman–Crippen MR) is 270 cm³/mol. The molecule has 71 heavy (non-hydrogen) atoms. The van der Waals surface area contributed by atoms with E-state index in [1.54, 1.807) is 109 Å². The topological polar surface area (TPSA) is 197 Å². The molecule has 0 saturated heterocycles. The quantitative estimate of drug-likeness (QED) is 0.0637. The molecular weight excluding hydrogens is 934 g/mol. The molecule has 1 aliphatic carbocycles. The van der Waals surface area contributed by atoms with E-state index in [4.69, 9.17) is 32.7 Å². The number of phosphoric acid groups is 1. The molecule has 1 fully saturated rings. The van der Waals surface area contributed by atoms with Gasteiger partial charge in [-0.2, -0.15) is 0 Å². The Morgan fingerprint density at radius 3 is 1.23 bits per heavy atom. The van der Waals surface area contributed by atoms with Crippen molar-refractivity contribution in [3.8, 4) is 0 Å².